The Labute approximate surface area is 92.0 Å². The predicted octanol–water partition coefficient (Wildman–Crippen LogP) is 1.37. The lowest BCUT2D eigenvalue weighted by Gasteiger charge is -2.29. The van der Waals surface area contributed by atoms with Crippen molar-refractivity contribution in [1.29, 1.82) is 0 Å². The molecule has 86 valence electrons. The Kier molecular flexibility index (Phi) is 3.29. The molecule has 0 radical (unpaired) electrons. The minimum absolute atomic E-state index is 0.258. The summed E-state index contributed by atoms with van der Waals surface area (Å²) in [5.41, 5.74) is 5.84. The highest BCUT2D eigenvalue weighted by Crippen LogP contribution is 2.31. The first-order chi connectivity index (χ1) is 7.16. The van der Waals surface area contributed by atoms with Crippen molar-refractivity contribution in [3.8, 4) is 0 Å². The highest BCUT2D eigenvalue weighted by molar-refractivity contribution is 5.78. The van der Waals surface area contributed by atoms with Crippen LogP contribution in [0.1, 0.15) is 38.5 Å². The van der Waals surface area contributed by atoms with Crippen LogP contribution in [0.4, 0.5) is 0 Å². The van der Waals surface area contributed by atoms with Crippen LogP contribution in [0.5, 0.6) is 0 Å². The van der Waals surface area contributed by atoms with Gasteiger partial charge in [-0.15, -0.1) is 0 Å². The van der Waals surface area contributed by atoms with E-state index in [-0.39, 0.29) is 5.92 Å². The second-order valence-corrected chi connectivity index (χ2v) is 5.27. The summed E-state index contributed by atoms with van der Waals surface area (Å²) in [6.45, 7) is 0.974. The summed E-state index contributed by atoms with van der Waals surface area (Å²) in [7, 11) is 1.95. The number of hydrogen-bond donors (Lipinski definition) is 1. The molecule has 0 atom stereocenters. The molecule has 3 nitrogen and oxygen atoms in total. The number of rotatable bonds is 3. The second-order valence-electron chi connectivity index (χ2n) is 5.27. The van der Waals surface area contributed by atoms with Gasteiger partial charge in [-0.2, -0.15) is 0 Å². The van der Waals surface area contributed by atoms with Gasteiger partial charge in [0, 0.05) is 25.6 Å². The van der Waals surface area contributed by atoms with Crippen molar-refractivity contribution in [2.45, 2.75) is 44.6 Å². The summed E-state index contributed by atoms with van der Waals surface area (Å²) >= 11 is 0. The van der Waals surface area contributed by atoms with Crippen LogP contribution in [0.25, 0.3) is 0 Å². The van der Waals surface area contributed by atoms with Crippen LogP contribution in [-0.2, 0) is 4.79 Å². The van der Waals surface area contributed by atoms with Gasteiger partial charge in [0.15, 0.2) is 0 Å². The monoisotopic (exact) mass is 210 g/mol. The lowest BCUT2D eigenvalue weighted by atomic mass is 9.85. The third kappa shape index (κ3) is 2.94. The molecule has 0 aromatic carbocycles. The smallest absolute Gasteiger partial charge is 0.225 e. The van der Waals surface area contributed by atoms with E-state index in [4.69, 9.17) is 5.73 Å². The lowest BCUT2D eigenvalue weighted by Crippen LogP contribution is -2.38. The molecular formula is C12H22N2O. The minimum atomic E-state index is 0.258. The van der Waals surface area contributed by atoms with Gasteiger partial charge < -0.3 is 10.6 Å². The van der Waals surface area contributed by atoms with E-state index in [1.165, 1.54) is 12.8 Å². The van der Waals surface area contributed by atoms with E-state index in [0.29, 0.717) is 11.9 Å². The van der Waals surface area contributed by atoms with Crippen molar-refractivity contribution in [2.24, 2.45) is 17.6 Å². The first-order valence-corrected chi connectivity index (χ1v) is 6.17. The summed E-state index contributed by atoms with van der Waals surface area (Å²) < 4.78 is 0. The maximum absolute atomic E-state index is 12.1. The van der Waals surface area contributed by atoms with Gasteiger partial charge in [-0.25, -0.2) is 0 Å². The molecule has 0 aromatic heterocycles. The largest absolute Gasteiger partial charge is 0.345 e. The van der Waals surface area contributed by atoms with Gasteiger partial charge in [0.05, 0.1) is 0 Å². The molecule has 2 fully saturated rings. The average molecular weight is 210 g/mol. The molecule has 0 bridgehead atoms. The van der Waals surface area contributed by atoms with E-state index in [0.717, 1.165) is 38.1 Å². The molecule has 1 amide bonds. The van der Waals surface area contributed by atoms with Crippen LogP contribution in [0.3, 0.4) is 0 Å². The second kappa shape index (κ2) is 4.52. The zero-order valence-electron chi connectivity index (χ0n) is 9.61. The molecule has 2 aliphatic carbocycles. The molecule has 0 aliphatic heterocycles. The van der Waals surface area contributed by atoms with E-state index < -0.39 is 0 Å². The van der Waals surface area contributed by atoms with Crippen molar-refractivity contribution in [1.82, 2.24) is 4.90 Å². The zero-order valence-corrected chi connectivity index (χ0v) is 9.61. The van der Waals surface area contributed by atoms with Crippen LogP contribution in [0.15, 0.2) is 0 Å². The van der Waals surface area contributed by atoms with Crippen LogP contribution < -0.4 is 5.73 Å². The van der Waals surface area contributed by atoms with Crippen molar-refractivity contribution in [3.05, 3.63) is 0 Å². The fourth-order valence-electron chi connectivity index (χ4n) is 2.46. The van der Waals surface area contributed by atoms with Gasteiger partial charge in [0.1, 0.15) is 0 Å². The lowest BCUT2D eigenvalue weighted by molar-refractivity contribution is -0.135. The Morgan fingerprint density at radius 3 is 2.33 bits per heavy atom. The molecule has 2 saturated carbocycles. The van der Waals surface area contributed by atoms with E-state index in [9.17, 15) is 4.79 Å². The van der Waals surface area contributed by atoms with Crippen LogP contribution in [-0.4, -0.2) is 30.4 Å². The molecule has 0 saturated heterocycles. The quantitative estimate of drug-likeness (QED) is 0.764. The number of carbonyl (C=O) groups excluding carboxylic acids is 1. The first-order valence-electron chi connectivity index (χ1n) is 6.17. The fourth-order valence-corrected chi connectivity index (χ4v) is 2.46. The maximum atomic E-state index is 12.1. The van der Waals surface area contributed by atoms with Crippen molar-refractivity contribution >= 4 is 5.91 Å². The minimum Gasteiger partial charge on any atom is -0.345 e. The summed E-state index contributed by atoms with van der Waals surface area (Å²) in [5, 5.41) is 0. The van der Waals surface area contributed by atoms with E-state index >= 15 is 0 Å². The van der Waals surface area contributed by atoms with Gasteiger partial charge in [-0.1, -0.05) is 0 Å². The number of carbonyl (C=O) groups is 1. The predicted molar refractivity (Wildman–Crippen MR) is 60.3 cm³/mol. The highest BCUT2D eigenvalue weighted by Gasteiger charge is 2.30. The van der Waals surface area contributed by atoms with Crippen molar-refractivity contribution in [3.63, 3.8) is 0 Å². The molecule has 3 heteroatoms. The molecule has 2 N–H and O–H groups in total. The van der Waals surface area contributed by atoms with Crippen LogP contribution >= 0.6 is 0 Å². The Bertz CT molecular complexity index is 230. The number of hydrogen-bond acceptors (Lipinski definition) is 2. The molecule has 15 heavy (non-hydrogen) atoms. The van der Waals surface area contributed by atoms with E-state index in [1.54, 1.807) is 0 Å². The van der Waals surface area contributed by atoms with Crippen molar-refractivity contribution < 1.29 is 4.79 Å². The Hall–Kier alpha value is -0.570. The van der Waals surface area contributed by atoms with Crippen molar-refractivity contribution in [2.75, 3.05) is 13.6 Å². The van der Waals surface area contributed by atoms with E-state index in [1.807, 2.05) is 11.9 Å². The fraction of sp³-hybridized carbons (Fsp3) is 0.917. The number of nitrogens with zero attached hydrogens (tertiary/aromatic N) is 1. The topological polar surface area (TPSA) is 46.3 Å². The molecular weight excluding hydrogens is 188 g/mol. The van der Waals surface area contributed by atoms with Gasteiger partial charge in [0.2, 0.25) is 5.91 Å². The zero-order chi connectivity index (χ0) is 10.8. The molecule has 0 heterocycles. The average Bonchev–Trinajstić information content (AvgIpc) is 3.02. The van der Waals surface area contributed by atoms with Gasteiger partial charge in [-0.05, 0) is 44.4 Å². The summed E-state index contributed by atoms with van der Waals surface area (Å²) in [6.07, 6.45) is 6.66. The Morgan fingerprint density at radius 2 is 1.80 bits per heavy atom. The number of amides is 1. The van der Waals surface area contributed by atoms with Gasteiger partial charge in [-0.3, -0.25) is 4.79 Å². The molecule has 0 unspecified atom stereocenters. The summed E-state index contributed by atoms with van der Waals surface area (Å²) in [5.74, 6) is 1.41. The maximum Gasteiger partial charge on any atom is 0.225 e. The SMILES string of the molecule is CN(CC1CC1)C(=O)C1CCC(N)CC1. The normalized spacial score (nSPS) is 31.3. The first kappa shape index (κ1) is 10.9. The molecule has 0 spiro atoms. The summed E-state index contributed by atoms with van der Waals surface area (Å²) in [4.78, 5) is 14.0. The standard InChI is InChI=1S/C12H22N2O/c1-14(8-9-2-3-9)12(15)10-4-6-11(13)7-5-10/h9-11H,2-8,13H2,1H3. The molecule has 2 aliphatic rings. The van der Waals surface area contributed by atoms with Gasteiger partial charge in [0.25, 0.3) is 0 Å². The van der Waals surface area contributed by atoms with E-state index in [2.05, 4.69) is 0 Å². The highest BCUT2D eigenvalue weighted by atomic mass is 16.2. The summed E-state index contributed by atoms with van der Waals surface area (Å²) in [6, 6.07) is 0.336. The Morgan fingerprint density at radius 1 is 1.20 bits per heavy atom. The third-order valence-corrected chi connectivity index (χ3v) is 3.73. The Balaban J connectivity index is 1.78. The van der Waals surface area contributed by atoms with Crippen LogP contribution in [0, 0.1) is 11.8 Å². The van der Waals surface area contributed by atoms with Crippen LogP contribution in [0.2, 0.25) is 0 Å². The third-order valence-electron chi connectivity index (χ3n) is 3.73. The number of nitrogens with two attached hydrogens (primary N) is 1. The molecule has 2 rings (SSSR count). The molecule has 0 aromatic rings. The van der Waals surface area contributed by atoms with Gasteiger partial charge >= 0.3 is 0 Å².